The van der Waals surface area contributed by atoms with E-state index in [1.165, 1.54) is 38.5 Å². The molecule has 0 bridgehead atoms. The standard InChI is InChI=1S/C34H46N4O4/c1-41-30-20-19-25(22-31(30)42-2)23-33(39)35-21-11-18-32-36-28-16-9-10-17-29(28)37(32)24-34(40)38(26-12-5-3-6-13-26)27-14-7-4-8-15-27/h9-10,16-17,19-20,22,26-27H,3-8,11-15,18,21,23-24H2,1-2H3,(H,35,39). The topological polar surface area (TPSA) is 85.7 Å². The predicted octanol–water partition coefficient (Wildman–Crippen LogP) is 5.84. The Hall–Kier alpha value is -3.55. The molecule has 0 aliphatic heterocycles. The molecule has 2 fully saturated rings. The summed E-state index contributed by atoms with van der Waals surface area (Å²) in [5.74, 6) is 2.36. The first kappa shape index (κ1) is 29.9. The molecule has 1 aromatic heterocycles. The summed E-state index contributed by atoms with van der Waals surface area (Å²) in [6, 6.07) is 14.4. The Balaban J connectivity index is 1.23. The highest BCUT2D eigenvalue weighted by Gasteiger charge is 2.33. The maximum atomic E-state index is 14.1. The number of rotatable bonds is 12. The lowest BCUT2D eigenvalue weighted by Gasteiger charge is -2.42. The van der Waals surface area contributed by atoms with E-state index < -0.39 is 0 Å². The van der Waals surface area contributed by atoms with Gasteiger partial charge >= 0.3 is 0 Å². The van der Waals surface area contributed by atoms with Crippen LogP contribution in [-0.2, 0) is 29.0 Å². The Labute approximate surface area is 249 Å². The zero-order chi connectivity index (χ0) is 29.3. The van der Waals surface area contributed by atoms with Gasteiger partial charge in [0, 0.05) is 25.0 Å². The number of para-hydroxylation sites is 2. The van der Waals surface area contributed by atoms with Crippen molar-refractivity contribution in [2.45, 2.75) is 102 Å². The molecule has 1 N–H and O–H groups in total. The third kappa shape index (κ3) is 7.26. The summed E-state index contributed by atoms with van der Waals surface area (Å²) < 4.78 is 12.8. The average molecular weight is 575 g/mol. The minimum absolute atomic E-state index is 0.0403. The summed E-state index contributed by atoms with van der Waals surface area (Å²) in [6.07, 6.45) is 13.7. The Morgan fingerprint density at radius 1 is 0.905 bits per heavy atom. The Morgan fingerprint density at radius 3 is 2.24 bits per heavy atom. The first-order valence-corrected chi connectivity index (χ1v) is 15.8. The van der Waals surface area contributed by atoms with Crippen molar-refractivity contribution in [1.82, 2.24) is 19.8 Å². The Bertz CT molecular complexity index is 1320. The van der Waals surface area contributed by atoms with Gasteiger partial charge in [-0.3, -0.25) is 9.59 Å². The number of amides is 2. The molecule has 0 unspecified atom stereocenters. The van der Waals surface area contributed by atoms with Crippen molar-refractivity contribution in [3.05, 3.63) is 53.9 Å². The number of nitrogens with zero attached hydrogens (tertiary/aromatic N) is 3. The van der Waals surface area contributed by atoms with Crippen molar-refractivity contribution in [2.75, 3.05) is 20.8 Å². The lowest BCUT2D eigenvalue weighted by atomic mass is 9.88. The van der Waals surface area contributed by atoms with Gasteiger partial charge in [0.15, 0.2) is 11.5 Å². The number of imidazole rings is 1. The fourth-order valence-corrected chi connectivity index (χ4v) is 6.85. The number of aryl methyl sites for hydroxylation is 1. The van der Waals surface area contributed by atoms with Crippen LogP contribution in [0, 0.1) is 0 Å². The maximum Gasteiger partial charge on any atom is 0.243 e. The molecule has 8 nitrogen and oxygen atoms in total. The molecule has 5 rings (SSSR count). The normalized spacial score (nSPS) is 16.3. The fraction of sp³-hybridized carbons (Fsp3) is 0.559. The molecule has 2 aliphatic rings. The van der Waals surface area contributed by atoms with Gasteiger partial charge in [-0.15, -0.1) is 0 Å². The average Bonchev–Trinajstić information content (AvgIpc) is 3.37. The van der Waals surface area contributed by atoms with Crippen LogP contribution in [0.2, 0.25) is 0 Å². The smallest absolute Gasteiger partial charge is 0.243 e. The van der Waals surface area contributed by atoms with Crippen LogP contribution in [0.5, 0.6) is 11.5 Å². The monoisotopic (exact) mass is 574 g/mol. The summed E-state index contributed by atoms with van der Waals surface area (Å²) in [6.45, 7) is 0.869. The number of methoxy groups -OCH3 is 2. The molecule has 0 atom stereocenters. The van der Waals surface area contributed by atoms with Crippen LogP contribution in [0.15, 0.2) is 42.5 Å². The quantitative estimate of drug-likeness (QED) is 0.275. The Morgan fingerprint density at radius 2 is 1.57 bits per heavy atom. The van der Waals surface area contributed by atoms with E-state index in [-0.39, 0.29) is 18.2 Å². The molecule has 2 aromatic carbocycles. The SMILES string of the molecule is COc1ccc(CC(=O)NCCCc2nc3ccccc3n2CC(=O)N(C2CCCCC2)C2CCCCC2)cc1OC. The van der Waals surface area contributed by atoms with Crippen molar-refractivity contribution in [3.8, 4) is 11.5 Å². The molecular weight excluding hydrogens is 528 g/mol. The van der Waals surface area contributed by atoms with E-state index in [9.17, 15) is 9.59 Å². The van der Waals surface area contributed by atoms with Gasteiger partial charge in [-0.2, -0.15) is 0 Å². The number of aromatic nitrogens is 2. The van der Waals surface area contributed by atoms with Crippen LogP contribution in [0.1, 0.15) is 82.0 Å². The number of fused-ring (bicyclic) bond motifs is 1. The summed E-state index contributed by atoms with van der Waals surface area (Å²) in [5, 5.41) is 3.04. The van der Waals surface area contributed by atoms with E-state index in [0.717, 1.165) is 54.5 Å². The van der Waals surface area contributed by atoms with Crippen LogP contribution >= 0.6 is 0 Å². The first-order valence-electron chi connectivity index (χ1n) is 15.8. The molecular formula is C34H46N4O4. The zero-order valence-electron chi connectivity index (χ0n) is 25.3. The van der Waals surface area contributed by atoms with Gasteiger partial charge in [-0.25, -0.2) is 4.98 Å². The minimum Gasteiger partial charge on any atom is -0.493 e. The summed E-state index contributed by atoms with van der Waals surface area (Å²) >= 11 is 0. The van der Waals surface area contributed by atoms with Gasteiger partial charge in [0.05, 0.1) is 31.7 Å². The number of carbonyl (C=O) groups is 2. The van der Waals surface area contributed by atoms with E-state index in [2.05, 4.69) is 20.9 Å². The van der Waals surface area contributed by atoms with E-state index in [1.807, 2.05) is 36.4 Å². The van der Waals surface area contributed by atoms with E-state index in [4.69, 9.17) is 14.5 Å². The number of nitrogens with one attached hydrogen (secondary N) is 1. The van der Waals surface area contributed by atoms with Crippen LogP contribution < -0.4 is 14.8 Å². The number of benzene rings is 2. The van der Waals surface area contributed by atoms with Gasteiger partial charge in [0.25, 0.3) is 0 Å². The van der Waals surface area contributed by atoms with Gasteiger partial charge in [0.1, 0.15) is 12.4 Å². The van der Waals surface area contributed by atoms with Crippen molar-refractivity contribution < 1.29 is 19.1 Å². The molecule has 226 valence electrons. The molecule has 42 heavy (non-hydrogen) atoms. The number of hydrogen-bond acceptors (Lipinski definition) is 5. The molecule has 0 radical (unpaired) electrons. The van der Waals surface area contributed by atoms with Gasteiger partial charge < -0.3 is 24.3 Å². The molecule has 3 aromatic rings. The van der Waals surface area contributed by atoms with Crippen LogP contribution in [-0.4, -0.2) is 59.1 Å². The number of hydrogen-bond donors (Lipinski definition) is 1. The second-order valence-electron chi connectivity index (χ2n) is 11.8. The molecule has 0 saturated heterocycles. The van der Waals surface area contributed by atoms with Gasteiger partial charge in [0.2, 0.25) is 11.8 Å². The first-order chi connectivity index (χ1) is 20.6. The van der Waals surface area contributed by atoms with E-state index >= 15 is 0 Å². The fourth-order valence-electron chi connectivity index (χ4n) is 6.85. The van der Waals surface area contributed by atoms with Crippen LogP contribution in [0.4, 0.5) is 0 Å². The van der Waals surface area contributed by atoms with Crippen molar-refractivity contribution in [3.63, 3.8) is 0 Å². The van der Waals surface area contributed by atoms with E-state index in [0.29, 0.717) is 43.1 Å². The molecule has 1 heterocycles. The highest BCUT2D eigenvalue weighted by atomic mass is 16.5. The molecule has 2 amide bonds. The van der Waals surface area contributed by atoms with Crippen LogP contribution in [0.25, 0.3) is 11.0 Å². The number of ether oxygens (including phenoxy) is 2. The lowest BCUT2D eigenvalue weighted by Crippen LogP contribution is -2.50. The van der Waals surface area contributed by atoms with E-state index in [1.54, 1.807) is 14.2 Å². The van der Waals surface area contributed by atoms with Gasteiger partial charge in [-0.1, -0.05) is 56.7 Å². The zero-order valence-corrected chi connectivity index (χ0v) is 25.3. The lowest BCUT2D eigenvalue weighted by molar-refractivity contribution is -0.138. The summed E-state index contributed by atoms with van der Waals surface area (Å²) in [4.78, 5) is 34.0. The minimum atomic E-state index is -0.0403. The van der Waals surface area contributed by atoms with Crippen molar-refractivity contribution in [2.24, 2.45) is 0 Å². The molecule has 8 heteroatoms. The third-order valence-electron chi connectivity index (χ3n) is 8.96. The second-order valence-corrected chi connectivity index (χ2v) is 11.8. The number of carbonyl (C=O) groups excluding carboxylic acids is 2. The Kier molecular flexibility index (Phi) is 10.4. The molecule has 0 spiro atoms. The molecule has 2 aliphatic carbocycles. The highest BCUT2D eigenvalue weighted by Crippen LogP contribution is 2.31. The van der Waals surface area contributed by atoms with Crippen molar-refractivity contribution >= 4 is 22.8 Å². The summed E-state index contributed by atoms with van der Waals surface area (Å²) in [5.41, 5.74) is 2.79. The highest BCUT2D eigenvalue weighted by molar-refractivity contribution is 5.82. The molecule has 2 saturated carbocycles. The van der Waals surface area contributed by atoms with Gasteiger partial charge in [-0.05, 0) is 61.9 Å². The third-order valence-corrected chi connectivity index (χ3v) is 8.96. The summed E-state index contributed by atoms with van der Waals surface area (Å²) in [7, 11) is 3.18. The largest absolute Gasteiger partial charge is 0.493 e. The van der Waals surface area contributed by atoms with Crippen molar-refractivity contribution in [1.29, 1.82) is 0 Å². The van der Waals surface area contributed by atoms with Crippen LogP contribution in [0.3, 0.4) is 0 Å². The predicted molar refractivity (Wildman–Crippen MR) is 165 cm³/mol. The second kappa shape index (κ2) is 14.6. The maximum absolute atomic E-state index is 14.1.